The fourth-order valence-electron chi connectivity index (χ4n) is 4.42. The first kappa shape index (κ1) is 27.7. The van der Waals surface area contributed by atoms with Crippen LogP contribution in [-0.2, 0) is 12.1 Å². The molecule has 38 heavy (non-hydrogen) atoms. The van der Waals surface area contributed by atoms with Crippen LogP contribution in [0.2, 0.25) is 0 Å². The zero-order valence-corrected chi connectivity index (χ0v) is 21.2. The monoisotopic (exact) mass is 527 g/mol. The number of benzene rings is 3. The SMILES string of the molecule is CCCCCCOc1ccccc1C(O)(O)N(C(=O)c1ccc(-c2cccc(C(F)(F)F)c2)cc1)C1CC1. The lowest BCUT2D eigenvalue weighted by Gasteiger charge is -2.36. The van der Waals surface area contributed by atoms with Crippen LogP contribution >= 0.6 is 0 Å². The van der Waals surface area contributed by atoms with Gasteiger partial charge >= 0.3 is 6.18 Å². The highest BCUT2D eigenvalue weighted by molar-refractivity contribution is 5.95. The van der Waals surface area contributed by atoms with E-state index in [-0.39, 0.29) is 17.2 Å². The summed E-state index contributed by atoms with van der Waals surface area (Å²) in [5.41, 5.74) is 0.384. The first-order valence-corrected chi connectivity index (χ1v) is 12.9. The van der Waals surface area contributed by atoms with Crippen LogP contribution in [0.4, 0.5) is 13.2 Å². The number of hydrogen-bond donors (Lipinski definition) is 2. The number of rotatable bonds is 11. The summed E-state index contributed by atoms with van der Waals surface area (Å²) in [6.07, 6.45) is 0.796. The fourth-order valence-corrected chi connectivity index (χ4v) is 4.42. The van der Waals surface area contributed by atoms with Crippen LogP contribution in [0.1, 0.15) is 66.9 Å². The van der Waals surface area contributed by atoms with Gasteiger partial charge in [-0.15, -0.1) is 0 Å². The van der Waals surface area contributed by atoms with E-state index in [4.69, 9.17) is 4.74 Å². The molecule has 2 N–H and O–H groups in total. The molecule has 202 valence electrons. The van der Waals surface area contributed by atoms with E-state index in [1.807, 2.05) is 0 Å². The molecule has 1 fully saturated rings. The molecule has 0 heterocycles. The van der Waals surface area contributed by atoms with Gasteiger partial charge in [0.1, 0.15) is 5.75 Å². The molecule has 3 aromatic rings. The molecule has 1 saturated carbocycles. The van der Waals surface area contributed by atoms with Crippen molar-refractivity contribution in [1.29, 1.82) is 0 Å². The van der Waals surface area contributed by atoms with E-state index in [0.717, 1.165) is 42.7 Å². The predicted octanol–water partition coefficient (Wildman–Crippen LogP) is 6.73. The molecule has 5 nitrogen and oxygen atoms in total. The molecule has 0 bridgehead atoms. The van der Waals surface area contributed by atoms with Crippen molar-refractivity contribution in [1.82, 2.24) is 4.90 Å². The Balaban J connectivity index is 1.56. The Morgan fingerprint density at radius 2 is 1.63 bits per heavy atom. The summed E-state index contributed by atoms with van der Waals surface area (Å²) in [7, 11) is 0. The molecule has 0 radical (unpaired) electrons. The number of hydrogen-bond acceptors (Lipinski definition) is 4. The third-order valence-corrected chi connectivity index (χ3v) is 6.63. The van der Waals surface area contributed by atoms with Crippen molar-refractivity contribution in [3.05, 3.63) is 89.5 Å². The molecule has 0 atom stereocenters. The Kier molecular flexibility index (Phi) is 8.43. The van der Waals surface area contributed by atoms with Crippen LogP contribution in [0, 0.1) is 0 Å². The van der Waals surface area contributed by atoms with Crippen molar-refractivity contribution < 1.29 is 32.9 Å². The quantitative estimate of drug-likeness (QED) is 0.214. The van der Waals surface area contributed by atoms with Gasteiger partial charge in [0.2, 0.25) is 0 Å². The number of nitrogens with zero attached hydrogens (tertiary/aromatic N) is 1. The van der Waals surface area contributed by atoms with Gasteiger partial charge in [-0.25, -0.2) is 0 Å². The van der Waals surface area contributed by atoms with E-state index in [0.29, 0.717) is 36.3 Å². The summed E-state index contributed by atoms with van der Waals surface area (Å²) < 4.78 is 45.2. The Morgan fingerprint density at radius 3 is 2.29 bits per heavy atom. The number of halogens is 3. The Hall–Kier alpha value is -3.36. The van der Waals surface area contributed by atoms with Gasteiger partial charge < -0.3 is 14.9 Å². The maximum Gasteiger partial charge on any atom is 0.416 e. The lowest BCUT2D eigenvalue weighted by molar-refractivity contribution is -0.259. The van der Waals surface area contributed by atoms with Crippen LogP contribution in [0.5, 0.6) is 5.75 Å². The first-order valence-electron chi connectivity index (χ1n) is 12.9. The third kappa shape index (κ3) is 6.37. The van der Waals surface area contributed by atoms with E-state index in [1.165, 1.54) is 24.3 Å². The normalized spacial score (nSPS) is 13.8. The van der Waals surface area contributed by atoms with Gasteiger partial charge in [0, 0.05) is 11.6 Å². The van der Waals surface area contributed by atoms with Crippen molar-refractivity contribution >= 4 is 5.91 Å². The molecular formula is C30H32F3NO4. The molecule has 4 rings (SSSR count). The van der Waals surface area contributed by atoms with E-state index in [9.17, 15) is 28.2 Å². The molecule has 8 heteroatoms. The molecule has 0 unspecified atom stereocenters. The van der Waals surface area contributed by atoms with E-state index in [2.05, 4.69) is 6.92 Å². The van der Waals surface area contributed by atoms with Crippen LogP contribution in [0.25, 0.3) is 11.1 Å². The van der Waals surface area contributed by atoms with Gasteiger partial charge in [-0.05, 0) is 66.8 Å². The topological polar surface area (TPSA) is 70.0 Å². The van der Waals surface area contributed by atoms with Crippen LogP contribution in [0.3, 0.4) is 0 Å². The minimum Gasteiger partial charge on any atom is -0.493 e. The maximum atomic E-state index is 13.5. The summed E-state index contributed by atoms with van der Waals surface area (Å²) in [6, 6.07) is 17.2. The summed E-state index contributed by atoms with van der Waals surface area (Å²) in [6.45, 7) is 2.53. The molecule has 0 saturated heterocycles. The second-order valence-electron chi connectivity index (χ2n) is 9.60. The minimum atomic E-state index is -4.46. The molecule has 3 aromatic carbocycles. The molecule has 1 amide bonds. The highest BCUT2D eigenvalue weighted by atomic mass is 19.4. The average Bonchev–Trinajstić information content (AvgIpc) is 3.73. The molecule has 0 spiro atoms. The highest BCUT2D eigenvalue weighted by Crippen LogP contribution is 2.40. The summed E-state index contributed by atoms with van der Waals surface area (Å²) in [4.78, 5) is 14.6. The van der Waals surface area contributed by atoms with Crippen LogP contribution < -0.4 is 4.74 Å². The standard InChI is InChI=1S/C30H32F3NO4/c1-2-3-4-7-19-38-27-12-6-5-11-26(27)30(36,37)34(25-17-18-25)28(35)22-15-13-21(14-16-22)23-9-8-10-24(20-23)29(31,32)33/h5-6,8-16,20,25,36-37H,2-4,7,17-19H2,1H3. The summed E-state index contributed by atoms with van der Waals surface area (Å²) >= 11 is 0. The summed E-state index contributed by atoms with van der Waals surface area (Å²) in [5.74, 6) is -2.91. The van der Waals surface area contributed by atoms with Gasteiger partial charge in [-0.2, -0.15) is 13.2 Å². The van der Waals surface area contributed by atoms with Gasteiger partial charge in [-0.1, -0.05) is 62.6 Å². The number of alkyl halides is 3. The van der Waals surface area contributed by atoms with E-state index in [1.54, 1.807) is 36.4 Å². The van der Waals surface area contributed by atoms with Crippen molar-refractivity contribution in [3.8, 4) is 16.9 Å². The van der Waals surface area contributed by atoms with Crippen LogP contribution in [-0.4, -0.2) is 33.7 Å². The molecule has 0 aliphatic heterocycles. The maximum absolute atomic E-state index is 13.5. The average molecular weight is 528 g/mol. The summed E-state index contributed by atoms with van der Waals surface area (Å²) in [5, 5.41) is 22.6. The number of carbonyl (C=O) groups excluding carboxylic acids is 1. The van der Waals surface area contributed by atoms with Crippen LogP contribution in [0.15, 0.2) is 72.8 Å². The van der Waals surface area contributed by atoms with E-state index >= 15 is 0 Å². The number of amides is 1. The minimum absolute atomic E-state index is 0.0799. The third-order valence-electron chi connectivity index (χ3n) is 6.63. The van der Waals surface area contributed by atoms with Crippen molar-refractivity contribution in [2.45, 2.75) is 63.6 Å². The number of unbranched alkanes of at least 4 members (excludes halogenated alkanes) is 3. The van der Waals surface area contributed by atoms with Crippen molar-refractivity contribution in [2.75, 3.05) is 6.61 Å². The van der Waals surface area contributed by atoms with Gasteiger partial charge in [0.05, 0.1) is 17.7 Å². The van der Waals surface area contributed by atoms with Gasteiger partial charge in [0.25, 0.3) is 11.8 Å². The van der Waals surface area contributed by atoms with Gasteiger partial charge in [-0.3, -0.25) is 9.69 Å². The number of carbonyl (C=O) groups is 1. The van der Waals surface area contributed by atoms with E-state index < -0.39 is 23.6 Å². The largest absolute Gasteiger partial charge is 0.493 e. The number of para-hydroxylation sites is 1. The fraction of sp³-hybridized carbons (Fsp3) is 0.367. The van der Waals surface area contributed by atoms with Crippen molar-refractivity contribution in [3.63, 3.8) is 0 Å². The second-order valence-corrected chi connectivity index (χ2v) is 9.60. The Labute approximate surface area is 220 Å². The van der Waals surface area contributed by atoms with Gasteiger partial charge in [0.15, 0.2) is 0 Å². The lowest BCUT2D eigenvalue weighted by Crippen LogP contribution is -2.51. The highest BCUT2D eigenvalue weighted by Gasteiger charge is 2.48. The second kappa shape index (κ2) is 11.6. The molecule has 1 aliphatic carbocycles. The zero-order valence-electron chi connectivity index (χ0n) is 21.2. The lowest BCUT2D eigenvalue weighted by atomic mass is 10.0. The number of ether oxygens (including phenoxy) is 1. The smallest absolute Gasteiger partial charge is 0.416 e. The molecular weight excluding hydrogens is 495 g/mol. The first-order chi connectivity index (χ1) is 18.1. The molecule has 0 aromatic heterocycles. The zero-order chi connectivity index (χ0) is 27.3. The number of aliphatic hydroxyl groups is 2. The van der Waals surface area contributed by atoms with Crippen molar-refractivity contribution in [2.24, 2.45) is 0 Å². The Morgan fingerprint density at radius 1 is 0.921 bits per heavy atom. The predicted molar refractivity (Wildman–Crippen MR) is 138 cm³/mol. The Bertz CT molecular complexity index is 1240. The molecule has 1 aliphatic rings.